The van der Waals surface area contributed by atoms with E-state index >= 15 is 0 Å². The zero-order valence-corrected chi connectivity index (χ0v) is 21.4. The Labute approximate surface area is 214 Å². The predicted molar refractivity (Wildman–Crippen MR) is 145 cm³/mol. The molecule has 1 aliphatic carbocycles. The minimum atomic E-state index is -0.724. The van der Waals surface area contributed by atoms with Gasteiger partial charge in [0.1, 0.15) is 5.82 Å². The molecule has 4 N–H and O–H groups in total. The van der Waals surface area contributed by atoms with Crippen molar-refractivity contribution < 1.29 is 9.18 Å². The fourth-order valence-corrected chi connectivity index (χ4v) is 4.58. The summed E-state index contributed by atoms with van der Waals surface area (Å²) in [6, 6.07) is 19.2. The van der Waals surface area contributed by atoms with Crippen LogP contribution in [0.1, 0.15) is 68.6 Å². The fourth-order valence-electron chi connectivity index (χ4n) is 4.58. The Hall–Kier alpha value is -3.09. The van der Waals surface area contributed by atoms with E-state index < -0.39 is 11.4 Å². The first-order valence-corrected chi connectivity index (χ1v) is 13.1. The van der Waals surface area contributed by atoms with E-state index in [1.54, 1.807) is 24.5 Å². The number of carbonyl (C=O) groups excluding carboxylic acids is 1. The monoisotopic (exact) mass is 490 g/mol. The number of halogens is 1. The van der Waals surface area contributed by atoms with Gasteiger partial charge in [0.05, 0.1) is 11.2 Å². The van der Waals surface area contributed by atoms with Crippen molar-refractivity contribution >= 4 is 12.1 Å². The van der Waals surface area contributed by atoms with Crippen molar-refractivity contribution in [1.82, 2.24) is 10.3 Å². The zero-order valence-electron chi connectivity index (χ0n) is 21.4. The Morgan fingerprint density at radius 3 is 2.39 bits per heavy atom. The first-order valence-electron chi connectivity index (χ1n) is 13.1. The number of nitrogens with two attached hydrogens (primary N) is 1. The second kappa shape index (κ2) is 13.9. The number of hydrogen-bond donors (Lipinski definition) is 3. The lowest BCUT2D eigenvalue weighted by Gasteiger charge is -2.31. The lowest BCUT2D eigenvalue weighted by atomic mass is 9.79. The van der Waals surface area contributed by atoms with Crippen molar-refractivity contribution in [3.63, 3.8) is 0 Å². The third kappa shape index (κ3) is 7.45. The van der Waals surface area contributed by atoms with Gasteiger partial charge in [-0.1, -0.05) is 63.1 Å². The summed E-state index contributed by atoms with van der Waals surface area (Å²) in [7, 11) is 0. The van der Waals surface area contributed by atoms with Crippen LogP contribution in [-0.4, -0.2) is 24.5 Å². The average molecular weight is 491 g/mol. The van der Waals surface area contributed by atoms with Crippen LogP contribution in [-0.2, 0) is 10.3 Å². The van der Waals surface area contributed by atoms with Gasteiger partial charge in [-0.15, -0.1) is 0 Å². The van der Waals surface area contributed by atoms with Gasteiger partial charge in [-0.25, -0.2) is 4.39 Å². The molecule has 3 aromatic rings. The number of carbonyl (C=O) groups is 1. The van der Waals surface area contributed by atoms with Crippen molar-refractivity contribution in [3.8, 4) is 0 Å². The highest BCUT2D eigenvalue weighted by atomic mass is 19.1. The Bertz CT molecular complexity index is 1050. The normalized spacial score (nSPS) is 18.1. The summed E-state index contributed by atoms with van der Waals surface area (Å²) in [5, 5.41) is 5.76. The molecule has 2 aromatic carbocycles. The molecule has 2 unspecified atom stereocenters. The van der Waals surface area contributed by atoms with Crippen LogP contribution in [0.3, 0.4) is 0 Å². The summed E-state index contributed by atoms with van der Waals surface area (Å²) >= 11 is 0. The molecule has 2 aliphatic rings. The van der Waals surface area contributed by atoms with E-state index in [4.69, 9.17) is 5.73 Å². The van der Waals surface area contributed by atoms with E-state index in [0.29, 0.717) is 6.41 Å². The molecule has 1 amide bonds. The van der Waals surface area contributed by atoms with Crippen LogP contribution < -0.4 is 16.4 Å². The quantitative estimate of drug-likeness (QED) is 0.340. The summed E-state index contributed by atoms with van der Waals surface area (Å²) in [5.74, 6) is 1.03. The highest BCUT2D eigenvalue weighted by molar-refractivity contribution is 5.72. The number of rotatable bonds is 8. The average Bonchev–Trinajstić information content (AvgIpc) is 3.61. The number of nitrogens with one attached hydrogen (secondary N) is 2. The fraction of sp³-hybridized carbons (Fsp3) is 0.400. The second-order valence-corrected chi connectivity index (χ2v) is 9.25. The molecule has 1 saturated heterocycles. The molecular weight excluding hydrogens is 451 g/mol. The van der Waals surface area contributed by atoms with Crippen LogP contribution in [0.5, 0.6) is 0 Å². The number of benzene rings is 2. The molecule has 2 atom stereocenters. The number of anilines is 1. The third-order valence-electron chi connectivity index (χ3n) is 6.87. The molecule has 192 valence electrons. The minimum absolute atomic E-state index is 0.146. The lowest BCUT2D eigenvalue weighted by molar-refractivity contribution is -0.105. The highest BCUT2D eigenvalue weighted by Gasteiger charge is 2.33. The van der Waals surface area contributed by atoms with Crippen molar-refractivity contribution in [2.45, 2.75) is 57.4 Å². The topological polar surface area (TPSA) is 80.0 Å². The molecule has 0 radical (unpaired) electrons. The maximum Gasteiger partial charge on any atom is 0.211 e. The largest absolute Gasteiger partial charge is 0.326 e. The van der Waals surface area contributed by atoms with Crippen LogP contribution in [0.25, 0.3) is 0 Å². The van der Waals surface area contributed by atoms with Crippen LogP contribution in [0.15, 0.2) is 73.1 Å². The molecule has 1 saturated carbocycles. The Balaban J connectivity index is 0.000000231. The van der Waals surface area contributed by atoms with Crippen molar-refractivity contribution in [2.24, 2.45) is 11.7 Å². The molecular formula is C30H39FN4O. The first-order chi connectivity index (χ1) is 17.6. The summed E-state index contributed by atoms with van der Waals surface area (Å²) in [5.41, 5.74) is 9.40. The number of hydrogen-bond acceptors (Lipinski definition) is 4. The molecule has 0 bridgehead atoms. The van der Waals surface area contributed by atoms with Gasteiger partial charge in [-0.3, -0.25) is 9.78 Å². The summed E-state index contributed by atoms with van der Waals surface area (Å²) in [4.78, 5) is 14.7. The molecule has 5 nitrogen and oxygen atoms in total. The summed E-state index contributed by atoms with van der Waals surface area (Å²) in [6.45, 7) is 6.34. The first kappa shape index (κ1) is 27.5. The van der Waals surface area contributed by atoms with E-state index in [1.165, 1.54) is 37.4 Å². The molecule has 2 heterocycles. The van der Waals surface area contributed by atoms with Gasteiger partial charge in [-0.05, 0) is 78.6 Å². The number of nitrogens with zero attached hydrogens (tertiary/aromatic N) is 1. The zero-order chi connectivity index (χ0) is 25.8. The van der Waals surface area contributed by atoms with Crippen LogP contribution >= 0.6 is 0 Å². The predicted octanol–water partition coefficient (Wildman–Crippen LogP) is 5.97. The maximum absolute atomic E-state index is 13.8. The van der Waals surface area contributed by atoms with Gasteiger partial charge in [0.25, 0.3) is 0 Å². The van der Waals surface area contributed by atoms with E-state index in [-0.39, 0.29) is 5.69 Å². The number of amides is 1. The van der Waals surface area contributed by atoms with E-state index in [0.717, 1.165) is 42.3 Å². The molecule has 6 heteroatoms. The van der Waals surface area contributed by atoms with Crippen LogP contribution in [0, 0.1) is 11.7 Å². The molecule has 36 heavy (non-hydrogen) atoms. The SMILES string of the molecule is CC.NC(CCC1CC1)(c1ccncc1)c1ccc(F)c(NC=O)c1.c1ccc(C2CCNC2)cc1. The smallest absolute Gasteiger partial charge is 0.211 e. The van der Waals surface area contributed by atoms with Gasteiger partial charge in [-0.2, -0.15) is 0 Å². The standard InChI is InChI=1S/C18H20FN3O.C10H13N.C2H6/c19-16-4-3-15(11-17(16)22-12-23)18(20,8-5-13-1-2-13)14-6-9-21-10-7-14;1-2-4-9(5-3-1)10-6-7-11-8-10;1-2/h3-4,6-7,9-13H,1-2,5,8,20H2,(H,22,23);1-5,10-11H,6-8H2;1-2H3. The van der Waals surface area contributed by atoms with E-state index in [9.17, 15) is 9.18 Å². The molecule has 2 fully saturated rings. The highest BCUT2D eigenvalue weighted by Crippen LogP contribution is 2.40. The Morgan fingerprint density at radius 1 is 1.06 bits per heavy atom. The Morgan fingerprint density at radius 2 is 1.78 bits per heavy atom. The van der Waals surface area contributed by atoms with Crippen molar-refractivity contribution in [2.75, 3.05) is 18.4 Å². The van der Waals surface area contributed by atoms with Gasteiger partial charge < -0.3 is 16.4 Å². The number of aromatic nitrogens is 1. The van der Waals surface area contributed by atoms with Gasteiger partial charge in [0.15, 0.2) is 0 Å². The summed E-state index contributed by atoms with van der Waals surface area (Å²) < 4.78 is 13.8. The molecule has 5 rings (SSSR count). The lowest BCUT2D eigenvalue weighted by Crippen LogP contribution is -2.38. The third-order valence-corrected chi connectivity index (χ3v) is 6.87. The maximum atomic E-state index is 13.8. The Kier molecular flexibility index (Phi) is 10.6. The summed E-state index contributed by atoms with van der Waals surface area (Å²) in [6.07, 6.45) is 9.51. The van der Waals surface area contributed by atoms with Crippen molar-refractivity contribution in [1.29, 1.82) is 0 Å². The van der Waals surface area contributed by atoms with E-state index in [2.05, 4.69) is 45.9 Å². The van der Waals surface area contributed by atoms with Crippen molar-refractivity contribution in [3.05, 3.63) is 95.6 Å². The second-order valence-electron chi connectivity index (χ2n) is 9.25. The van der Waals surface area contributed by atoms with Crippen LogP contribution in [0.2, 0.25) is 0 Å². The van der Waals surface area contributed by atoms with Gasteiger partial charge in [0, 0.05) is 18.9 Å². The molecule has 1 aliphatic heterocycles. The number of pyridine rings is 1. The van der Waals surface area contributed by atoms with Gasteiger partial charge in [0.2, 0.25) is 6.41 Å². The van der Waals surface area contributed by atoms with Crippen LogP contribution in [0.4, 0.5) is 10.1 Å². The molecule has 1 aromatic heterocycles. The van der Waals surface area contributed by atoms with Gasteiger partial charge >= 0.3 is 0 Å². The molecule has 0 spiro atoms. The minimum Gasteiger partial charge on any atom is -0.326 e. The van der Waals surface area contributed by atoms with E-state index in [1.807, 2.05) is 26.0 Å².